The lowest BCUT2D eigenvalue weighted by atomic mass is 10.1. The molecule has 0 unspecified atom stereocenters. The van der Waals surface area contributed by atoms with Crippen molar-refractivity contribution in [1.29, 1.82) is 0 Å². The molecule has 24 heavy (non-hydrogen) atoms. The van der Waals surface area contributed by atoms with Crippen LogP contribution in [0.3, 0.4) is 0 Å². The Kier molecular flexibility index (Phi) is 8.81. The Labute approximate surface area is 140 Å². The Hall–Kier alpha value is -2.70. The van der Waals surface area contributed by atoms with E-state index >= 15 is 0 Å². The summed E-state index contributed by atoms with van der Waals surface area (Å²) in [6.45, 7) is 0. The minimum atomic E-state index is -1.05. The zero-order valence-corrected chi connectivity index (χ0v) is 13.7. The van der Waals surface area contributed by atoms with Crippen LogP contribution in [0, 0.1) is 0 Å². The number of nitrogens with one attached hydrogen (secondary N) is 1. The molecular formula is C17H22N2O5. The number of hydrogen-bond donors (Lipinski definition) is 2. The predicted molar refractivity (Wildman–Crippen MR) is 88.9 cm³/mol. The molecule has 0 saturated carbocycles. The first-order valence-corrected chi connectivity index (χ1v) is 7.75. The fourth-order valence-corrected chi connectivity index (χ4v) is 2.04. The fraction of sp³-hybridized carbons (Fsp3) is 0.412. The Balaban J connectivity index is 2.25. The maximum Gasteiger partial charge on any atom is 0.336 e. The molecule has 0 aliphatic carbocycles. The number of carbonyl (C=O) groups excluding carboxylic acids is 2. The van der Waals surface area contributed by atoms with E-state index in [0.717, 1.165) is 19.3 Å². The Morgan fingerprint density at radius 3 is 2.46 bits per heavy atom. The smallest absolute Gasteiger partial charge is 0.336 e. The molecular weight excluding hydrogens is 312 g/mol. The number of esters is 1. The summed E-state index contributed by atoms with van der Waals surface area (Å²) in [4.78, 5) is 33.6. The van der Waals surface area contributed by atoms with Gasteiger partial charge in [-0.2, -0.15) is 5.10 Å². The summed E-state index contributed by atoms with van der Waals surface area (Å²) in [6.07, 6.45) is 5.20. The topological polar surface area (TPSA) is 105 Å². The average molecular weight is 334 g/mol. The van der Waals surface area contributed by atoms with Gasteiger partial charge in [0, 0.05) is 18.4 Å². The number of carboxylic acid groups (broad SMARTS) is 1. The number of ether oxygens (including phenoxy) is 1. The molecule has 7 heteroatoms. The third-order valence-corrected chi connectivity index (χ3v) is 3.35. The molecule has 0 aromatic heterocycles. The molecule has 7 nitrogen and oxygen atoms in total. The molecule has 0 heterocycles. The van der Waals surface area contributed by atoms with Gasteiger partial charge >= 0.3 is 11.9 Å². The number of carboxylic acids is 1. The lowest BCUT2D eigenvalue weighted by Crippen LogP contribution is -2.17. The van der Waals surface area contributed by atoms with E-state index in [9.17, 15) is 14.4 Å². The highest BCUT2D eigenvalue weighted by Gasteiger charge is 2.07. The number of benzene rings is 1. The van der Waals surface area contributed by atoms with Gasteiger partial charge in [0.05, 0.1) is 18.9 Å². The van der Waals surface area contributed by atoms with Crippen LogP contribution in [0.1, 0.15) is 54.4 Å². The van der Waals surface area contributed by atoms with Gasteiger partial charge in [-0.25, -0.2) is 10.2 Å². The number of amides is 1. The van der Waals surface area contributed by atoms with E-state index in [4.69, 9.17) is 5.11 Å². The van der Waals surface area contributed by atoms with E-state index in [1.165, 1.54) is 19.4 Å². The van der Waals surface area contributed by atoms with Crippen molar-refractivity contribution in [2.45, 2.75) is 38.5 Å². The summed E-state index contributed by atoms with van der Waals surface area (Å²) in [5.74, 6) is -1.49. The van der Waals surface area contributed by atoms with E-state index in [1.54, 1.807) is 18.2 Å². The highest BCUT2D eigenvalue weighted by atomic mass is 16.5. The average Bonchev–Trinajstić information content (AvgIpc) is 2.58. The number of hydrazone groups is 1. The molecule has 1 aromatic carbocycles. The maximum atomic E-state index is 11.6. The molecule has 1 rings (SSSR count). The summed E-state index contributed by atoms with van der Waals surface area (Å²) in [5, 5.41) is 12.8. The quantitative estimate of drug-likeness (QED) is 0.296. The number of methoxy groups -OCH3 is 1. The highest BCUT2D eigenvalue weighted by Crippen LogP contribution is 2.07. The van der Waals surface area contributed by atoms with Crippen molar-refractivity contribution in [3.8, 4) is 0 Å². The number of rotatable bonds is 10. The van der Waals surface area contributed by atoms with E-state index in [1.807, 2.05) is 0 Å². The van der Waals surface area contributed by atoms with Gasteiger partial charge in [-0.3, -0.25) is 9.59 Å². The first-order chi connectivity index (χ1) is 11.5. The van der Waals surface area contributed by atoms with E-state index < -0.39 is 5.97 Å². The van der Waals surface area contributed by atoms with Crippen LogP contribution in [-0.4, -0.2) is 36.3 Å². The standard InChI is InChI=1S/C17H22N2O5/c1-24-16(21)11-5-3-2-4-10-15(20)19-18-12-13-8-6-7-9-14(13)17(22)23/h6-9,12H,2-5,10-11H2,1H3,(H,19,20)(H,22,23)/b18-12+. The molecule has 2 N–H and O–H groups in total. The highest BCUT2D eigenvalue weighted by molar-refractivity contribution is 5.98. The monoisotopic (exact) mass is 334 g/mol. The van der Waals surface area contributed by atoms with Gasteiger partial charge in [0.15, 0.2) is 0 Å². The zero-order valence-electron chi connectivity index (χ0n) is 13.7. The Morgan fingerprint density at radius 2 is 1.79 bits per heavy atom. The molecule has 1 amide bonds. The van der Waals surface area contributed by atoms with E-state index in [-0.39, 0.29) is 17.4 Å². The molecule has 0 aliphatic rings. The van der Waals surface area contributed by atoms with Crippen molar-refractivity contribution in [1.82, 2.24) is 5.43 Å². The number of nitrogens with zero attached hydrogens (tertiary/aromatic N) is 1. The molecule has 130 valence electrons. The number of carbonyl (C=O) groups is 3. The van der Waals surface area contributed by atoms with Crippen LogP contribution in [0.15, 0.2) is 29.4 Å². The molecule has 0 fully saturated rings. The summed E-state index contributed by atoms with van der Waals surface area (Å²) in [5.41, 5.74) is 2.93. The fourth-order valence-electron chi connectivity index (χ4n) is 2.04. The van der Waals surface area contributed by atoms with Crippen molar-refractivity contribution in [3.05, 3.63) is 35.4 Å². The zero-order chi connectivity index (χ0) is 17.8. The van der Waals surface area contributed by atoms with Crippen LogP contribution >= 0.6 is 0 Å². The number of unbranched alkanes of at least 4 members (excludes halogenated alkanes) is 3. The lowest BCUT2D eigenvalue weighted by molar-refractivity contribution is -0.140. The SMILES string of the molecule is COC(=O)CCCCCCC(=O)N/N=C/c1ccccc1C(=O)O. The van der Waals surface area contributed by atoms with Gasteiger partial charge in [0.1, 0.15) is 0 Å². The van der Waals surface area contributed by atoms with Crippen molar-refractivity contribution < 1.29 is 24.2 Å². The van der Waals surface area contributed by atoms with Crippen LogP contribution in [0.5, 0.6) is 0 Å². The Bertz CT molecular complexity index is 598. The van der Waals surface area contributed by atoms with Crippen molar-refractivity contribution in [2.24, 2.45) is 5.10 Å². The lowest BCUT2D eigenvalue weighted by Gasteiger charge is -2.02. The summed E-state index contributed by atoms with van der Waals surface area (Å²) in [7, 11) is 1.36. The van der Waals surface area contributed by atoms with Gasteiger partial charge < -0.3 is 9.84 Å². The first-order valence-electron chi connectivity index (χ1n) is 7.75. The van der Waals surface area contributed by atoms with Crippen LogP contribution in [0.2, 0.25) is 0 Å². The van der Waals surface area contributed by atoms with Gasteiger partial charge in [-0.15, -0.1) is 0 Å². The van der Waals surface area contributed by atoms with Gasteiger partial charge in [0.2, 0.25) is 5.91 Å². The van der Waals surface area contributed by atoms with Crippen molar-refractivity contribution in [2.75, 3.05) is 7.11 Å². The van der Waals surface area contributed by atoms with Gasteiger partial charge in [0.25, 0.3) is 0 Å². The third kappa shape index (κ3) is 7.53. The molecule has 0 atom stereocenters. The maximum absolute atomic E-state index is 11.6. The van der Waals surface area contributed by atoms with Crippen LogP contribution in [0.4, 0.5) is 0 Å². The van der Waals surface area contributed by atoms with Gasteiger partial charge in [-0.1, -0.05) is 31.0 Å². The second kappa shape index (κ2) is 10.9. The second-order valence-electron chi connectivity index (χ2n) is 5.18. The van der Waals surface area contributed by atoms with Crippen LogP contribution < -0.4 is 5.43 Å². The molecule has 0 spiro atoms. The third-order valence-electron chi connectivity index (χ3n) is 3.35. The van der Waals surface area contributed by atoms with E-state index in [0.29, 0.717) is 24.8 Å². The summed E-state index contributed by atoms with van der Waals surface area (Å²) in [6, 6.07) is 6.41. The van der Waals surface area contributed by atoms with Gasteiger partial charge in [-0.05, 0) is 18.9 Å². The molecule has 0 bridgehead atoms. The minimum absolute atomic E-state index is 0.126. The molecule has 0 aliphatic heterocycles. The van der Waals surface area contributed by atoms with Crippen LogP contribution in [-0.2, 0) is 14.3 Å². The normalized spacial score (nSPS) is 10.5. The van der Waals surface area contributed by atoms with Crippen molar-refractivity contribution >= 4 is 24.1 Å². The molecule has 0 saturated heterocycles. The number of hydrogen-bond acceptors (Lipinski definition) is 5. The Morgan fingerprint density at radius 1 is 1.12 bits per heavy atom. The molecule has 0 radical (unpaired) electrons. The largest absolute Gasteiger partial charge is 0.478 e. The molecule has 1 aromatic rings. The van der Waals surface area contributed by atoms with Crippen LogP contribution in [0.25, 0.3) is 0 Å². The summed E-state index contributed by atoms with van der Waals surface area (Å²) < 4.78 is 4.54. The summed E-state index contributed by atoms with van der Waals surface area (Å²) >= 11 is 0. The second-order valence-corrected chi connectivity index (χ2v) is 5.18. The minimum Gasteiger partial charge on any atom is -0.478 e. The van der Waals surface area contributed by atoms with E-state index in [2.05, 4.69) is 15.3 Å². The predicted octanol–water partition coefficient (Wildman–Crippen LogP) is 2.35. The number of aromatic carboxylic acids is 1. The first kappa shape index (κ1) is 19.3. The van der Waals surface area contributed by atoms with Crippen molar-refractivity contribution in [3.63, 3.8) is 0 Å².